The van der Waals surface area contributed by atoms with E-state index in [0.29, 0.717) is 18.5 Å². The lowest BCUT2D eigenvalue weighted by molar-refractivity contribution is 0.243. The first-order valence-corrected chi connectivity index (χ1v) is 9.73. The van der Waals surface area contributed by atoms with Gasteiger partial charge in [-0.25, -0.2) is 17.2 Å². The molecule has 0 aliphatic heterocycles. The highest BCUT2D eigenvalue weighted by atomic mass is 32.2. The number of aryl methyl sites for hydroxylation is 1. The minimum atomic E-state index is -3.66. The van der Waals surface area contributed by atoms with Gasteiger partial charge in [0, 0.05) is 25.2 Å². The number of aromatic nitrogens is 1. The molecule has 0 unspecified atom stereocenters. The van der Waals surface area contributed by atoms with Crippen LogP contribution in [0.25, 0.3) is 10.9 Å². The van der Waals surface area contributed by atoms with E-state index in [1.165, 1.54) is 3.97 Å². The van der Waals surface area contributed by atoms with Crippen LogP contribution in [0.1, 0.15) is 11.1 Å². The highest BCUT2D eigenvalue weighted by Gasteiger charge is 2.18. The van der Waals surface area contributed by atoms with Crippen molar-refractivity contribution < 1.29 is 13.2 Å². The zero-order valence-electron chi connectivity index (χ0n) is 14.7. The van der Waals surface area contributed by atoms with Gasteiger partial charge in [0.1, 0.15) is 0 Å². The molecule has 0 aliphatic rings. The number of hydrogen-bond donors (Lipinski definition) is 2. The Morgan fingerprint density at radius 3 is 2.50 bits per heavy atom. The zero-order valence-corrected chi connectivity index (χ0v) is 15.5. The molecule has 2 aromatic carbocycles. The summed E-state index contributed by atoms with van der Waals surface area (Å²) in [5, 5.41) is 6.07. The van der Waals surface area contributed by atoms with Crippen molar-refractivity contribution in [2.45, 2.75) is 18.2 Å². The second-order valence-electron chi connectivity index (χ2n) is 6.08. The molecule has 0 atom stereocenters. The van der Waals surface area contributed by atoms with Gasteiger partial charge in [-0.05, 0) is 43.2 Å². The number of urea groups is 1. The third-order valence-corrected chi connectivity index (χ3v) is 5.93. The van der Waals surface area contributed by atoms with E-state index >= 15 is 0 Å². The summed E-state index contributed by atoms with van der Waals surface area (Å²) < 4.78 is 27.3. The van der Waals surface area contributed by atoms with Crippen molar-refractivity contribution in [1.82, 2.24) is 14.6 Å². The van der Waals surface area contributed by atoms with E-state index in [9.17, 15) is 13.2 Å². The van der Waals surface area contributed by atoms with E-state index in [0.717, 1.165) is 16.5 Å². The van der Waals surface area contributed by atoms with Crippen molar-refractivity contribution in [3.8, 4) is 0 Å². The summed E-state index contributed by atoms with van der Waals surface area (Å²) in [6, 6.07) is 14.0. The number of fused-ring (bicyclic) bond motifs is 1. The lowest BCUT2D eigenvalue weighted by Crippen LogP contribution is -2.33. The topological polar surface area (TPSA) is 80.2 Å². The van der Waals surface area contributed by atoms with Crippen LogP contribution < -0.4 is 10.6 Å². The Balaban J connectivity index is 1.92. The van der Waals surface area contributed by atoms with Gasteiger partial charge in [0.25, 0.3) is 10.0 Å². The number of nitrogens with zero attached hydrogens (tertiary/aromatic N) is 1. The minimum Gasteiger partial charge on any atom is -0.341 e. The van der Waals surface area contributed by atoms with Crippen molar-refractivity contribution in [1.29, 1.82) is 0 Å². The van der Waals surface area contributed by atoms with Crippen LogP contribution >= 0.6 is 0 Å². The van der Waals surface area contributed by atoms with E-state index in [4.69, 9.17) is 0 Å². The minimum absolute atomic E-state index is 0.239. The fraction of sp³-hybridized carbons (Fsp3) is 0.211. The summed E-state index contributed by atoms with van der Waals surface area (Å²) in [5.41, 5.74) is 2.59. The maximum atomic E-state index is 13.0. The van der Waals surface area contributed by atoms with Gasteiger partial charge >= 0.3 is 6.03 Å². The predicted molar refractivity (Wildman–Crippen MR) is 102 cm³/mol. The number of carbonyl (C=O) groups is 1. The van der Waals surface area contributed by atoms with Crippen molar-refractivity contribution >= 4 is 27.0 Å². The normalized spacial score (nSPS) is 11.5. The summed E-state index contributed by atoms with van der Waals surface area (Å²) in [4.78, 5) is 11.5. The van der Waals surface area contributed by atoms with E-state index in [-0.39, 0.29) is 10.9 Å². The smallest absolute Gasteiger partial charge is 0.314 e. The van der Waals surface area contributed by atoms with Crippen molar-refractivity contribution in [3.05, 3.63) is 65.9 Å². The quantitative estimate of drug-likeness (QED) is 0.724. The largest absolute Gasteiger partial charge is 0.341 e. The van der Waals surface area contributed by atoms with E-state index in [1.807, 2.05) is 25.1 Å². The number of nitrogens with one attached hydrogen (secondary N) is 2. The number of hydrogen-bond acceptors (Lipinski definition) is 3. The van der Waals surface area contributed by atoms with Gasteiger partial charge in [0.05, 0.1) is 10.4 Å². The molecule has 2 N–H and O–H groups in total. The second-order valence-corrected chi connectivity index (χ2v) is 7.89. The average Bonchev–Trinajstić information content (AvgIpc) is 3.06. The first-order chi connectivity index (χ1) is 12.4. The van der Waals surface area contributed by atoms with Crippen LogP contribution in [0.4, 0.5) is 4.79 Å². The molecular weight excluding hydrogens is 350 g/mol. The Morgan fingerprint density at radius 2 is 1.81 bits per heavy atom. The first-order valence-electron chi connectivity index (χ1n) is 8.29. The fourth-order valence-electron chi connectivity index (χ4n) is 2.75. The highest BCUT2D eigenvalue weighted by Crippen LogP contribution is 2.23. The van der Waals surface area contributed by atoms with Crippen LogP contribution in [0.2, 0.25) is 0 Å². The molecule has 0 bridgehead atoms. The summed E-state index contributed by atoms with van der Waals surface area (Å²) in [6.45, 7) is 2.39. The third-order valence-electron chi connectivity index (χ3n) is 4.23. The van der Waals surface area contributed by atoms with E-state index < -0.39 is 10.0 Å². The maximum Gasteiger partial charge on any atom is 0.314 e. The first kappa shape index (κ1) is 18.0. The molecule has 3 rings (SSSR count). The molecule has 0 saturated heterocycles. The number of amides is 2. The lowest BCUT2D eigenvalue weighted by Gasteiger charge is -2.09. The molecular formula is C19H21N3O3S. The fourth-order valence-corrected chi connectivity index (χ4v) is 4.09. The Bertz CT molecular complexity index is 1040. The number of carbonyl (C=O) groups excluding carboxylic acids is 1. The summed E-state index contributed by atoms with van der Waals surface area (Å²) in [5.74, 6) is 0. The molecule has 0 spiro atoms. The van der Waals surface area contributed by atoms with Crippen LogP contribution in [0.3, 0.4) is 0 Å². The van der Waals surface area contributed by atoms with Crippen molar-refractivity contribution in [3.63, 3.8) is 0 Å². The molecule has 6 nitrogen and oxygen atoms in total. The maximum absolute atomic E-state index is 13.0. The Labute approximate surface area is 152 Å². The van der Waals surface area contributed by atoms with Gasteiger partial charge in [0.15, 0.2) is 0 Å². The van der Waals surface area contributed by atoms with Crippen molar-refractivity contribution in [2.24, 2.45) is 0 Å². The standard InChI is InChI=1S/C19H21N3O3S/c1-14-3-7-17(8-4-14)26(24,25)22-12-10-16-6-5-15(13-18(16)22)9-11-21-19(23)20-2/h3-8,10,12-13H,9,11H2,1-2H3,(H2,20,21,23). The van der Waals surface area contributed by atoms with Gasteiger partial charge < -0.3 is 10.6 Å². The highest BCUT2D eigenvalue weighted by molar-refractivity contribution is 7.90. The number of benzene rings is 2. The molecule has 136 valence electrons. The molecule has 1 aromatic heterocycles. The lowest BCUT2D eigenvalue weighted by atomic mass is 10.1. The van der Waals surface area contributed by atoms with Gasteiger partial charge in [-0.15, -0.1) is 0 Å². The second kappa shape index (κ2) is 7.21. The van der Waals surface area contributed by atoms with Crippen LogP contribution in [0.5, 0.6) is 0 Å². The van der Waals surface area contributed by atoms with Crippen LogP contribution in [0, 0.1) is 6.92 Å². The molecule has 3 aromatic rings. The van der Waals surface area contributed by atoms with Gasteiger partial charge in [-0.3, -0.25) is 0 Å². The summed E-state index contributed by atoms with van der Waals surface area (Å²) in [7, 11) is -2.10. The number of rotatable bonds is 5. The molecule has 0 aliphatic carbocycles. The molecule has 26 heavy (non-hydrogen) atoms. The molecule has 2 amide bonds. The van der Waals surface area contributed by atoms with E-state index in [2.05, 4.69) is 10.6 Å². The summed E-state index contributed by atoms with van der Waals surface area (Å²) >= 11 is 0. The molecule has 0 saturated carbocycles. The van der Waals surface area contributed by atoms with E-state index in [1.54, 1.807) is 43.6 Å². The predicted octanol–water partition coefficient (Wildman–Crippen LogP) is 2.66. The van der Waals surface area contributed by atoms with Gasteiger partial charge in [0.2, 0.25) is 0 Å². The van der Waals surface area contributed by atoms with Crippen LogP contribution in [-0.2, 0) is 16.4 Å². The average molecular weight is 371 g/mol. The SMILES string of the molecule is CNC(=O)NCCc1ccc2ccn(S(=O)(=O)c3ccc(C)cc3)c2c1. The van der Waals surface area contributed by atoms with Gasteiger partial charge in [-0.1, -0.05) is 29.8 Å². The Morgan fingerprint density at radius 1 is 1.08 bits per heavy atom. The monoisotopic (exact) mass is 371 g/mol. The Kier molecular flexibility index (Phi) is 4.99. The molecule has 0 fully saturated rings. The molecule has 7 heteroatoms. The van der Waals surface area contributed by atoms with Crippen molar-refractivity contribution in [2.75, 3.05) is 13.6 Å². The molecule has 0 radical (unpaired) electrons. The summed E-state index contributed by atoms with van der Waals surface area (Å²) in [6.07, 6.45) is 2.19. The van der Waals surface area contributed by atoms with Gasteiger partial charge in [-0.2, -0.15) is 0 Å². The molecule has 1 heterocycles. The third kappa shape index (κ3) is 3.57. The van der Waals surface area contributed by atoms with Crippen LogP contribution in [0.15, 0.2) is 59.6 Å². The Hall–Kier alpha value is -2.80. The van der Waals surface area contributed by atoms with Crippen LogP contribution in [-0.4, -0.2) is 32.0 Å². The zero-order chi connectivity index (χ0) is 18.7.